The number of benzene rings is 1. The summed E-state index contributed by atoms with van der Waals surface area (Å²) in [5.41, 5.74) is 3.34. The number of allylic oxidation sites excluding steroid dienone is 1. The molecule has 126 valence electrons. The SMILES string of the molecule is CC1=C(C(=O)OCc2ccccc2)C(c2cccs2)c2cn[nH]c2N1. The minimum Gasteiger partial charge on any atom is -0.457 e. The second-order valence-electron chi connectivity index (χ2n) is 5.87. The van der Waals surface area contributed by atoms with E-state index in [-0.39, 0.29) is 18.5 Å². The lowest BCUT2D eigenvalue weighted by Gasteiger charge is -2.26. The summed E-state index contributed by atoms with van der Waals surface area (Å²) in [4.78, 5) is 14.0. The smallest absolute Gasteiger partial charge is 0.337 e. The standard InChI is InChI=1S/C19H17N3O2S/c1-12-16(19(23)24-11-13-6-3-2-4-7-13)17(15-8-5-9-25-15)14-10-20-22-18(14)21-12/h2-10,17H,11H2,1H3,(H2,20,21,22). The van der Waals surface area contributed by atoms with Crippen molar-refractivity contribution in [2.75, 3.05) is 5.32 Å². The van der Waals surface area contributed by atoms with Crippen molar-refractivity contribution in [3.63, 3.8) is 0 Å². The first-order valence-corrected chi connectivity index (χ1v) is 8.87. The lowest BCUT2D eigenvalue weighted by Crippen LogP contribution is -2.23. The van der Waals surface area contributed by atoms with Gasteiger partial charge in [0.15, 0.2) is 0 Å². The fourth-order valence-electron chi connectivity index (χ4n) is 3.06. The van der Waals surface area contributed by atoms with Gasteiger partial charge in [-0.05, 0) is 23.9 Å². The molecule has 1 aliphatic rings. The second-order valence-corrected chi connectivity index (χ2v) is 6.85. The molecule has 1 aromatic carbocycles. The maximum absolute atomic E-state index is 12.9. The maximum Gasteiger partial charge on any atom is 0.337 e. The average Bonchev–Trinajstić information content (AvgIpc) is 3.31. The first-order valence-electron chi connectivity index (χ1n) is 7.99. The van der Waals surface area contributed by atoms with E-state index in [9.17, 15) is 4.79 Å². The second kappa shape index (κ2) is 6.57. The van der Waals surface area contributed by atoms with Gasteiger partial charge >= 0.3 is 5.97 Å². The number of nitrogens with one attached hydrogen (secondary N) is 2. The molecule has 6 heteroatoms. The number of carbonyl (C=O) groups is 1. The van der Waals surface area contributed by atoms with Crippen LogP contribution in [0.3, 0.4) is 0 Å². The van der Waals surface area contributed by atoms with Crippen molar-refractivity contribution in [2.24, 2.45) is 0 Å². The van der Waals surface area contributed by atoms with E-state index in [1.807, 2.05) is 54.8 Å². The molecule has 4 rings (SSSR count). The number of aromatic nitrogens is 2. The van der Waals surface area contributed by atoms with Gasteiger partial charge in [-0.1, -0.05) is 36.4 Å². The number of ether oxygens (including phenoxy) is 1. The molecule has 0 fully saturated rings. The monoisotopic (exact) mass is 351 g/mol. The third kappa shape index (κ3) is 2.96. The molecule has 0 saturated carbocycles. The highest BCUT2D eigenvalue weighted by atomic mass is 32.1. The predicted octanol–water partition coefficient (Wildman–Crippen LogP) is 4.05. The molecule has 1 atom stereocenters. The molecule has 0 saturated heterocycles. The number of hydrogen-bond donors (Lipinski definition) is 2. The molecule has 1 aliphatic heterocycles. The van der Waals surface area contributed by atoms with Crippen LogP contribution in [0.15, 0.2) is 65.3 Å². The molecule has 3 aromatic rings. The van der Waals surface area contributed by atoms with E-state index < -0.39 is 0 Å². The van der Waals surface area contributed by atoms with Crippen molar-refractivity contribution in [1.82, 2.24) is 10.2 Å². The summed E-state index contributed by atoms with van der Waals surface area (Å²) in [5, 5.41) is 12.3. The van der Waals surface area contributed by atoms with Crippen LogP contribution >= 0.6 is 11.3 Å². The molecule has 0 spiro atoms. The minimum atomic E-state index is -0.306. The third-order valence-electron chi connectivity index (χ3n) is 4.25. The fourth-order valence-corrected chi connectivity index (χ4v) is 3.92. The molecular formula is C19H17N3O2S. The zero-order valence-corrected chi connectivity index (χ0v) is 14.5. The van der Waals surface area contributed by atoms with Crippen LogP contribution in [-0.2, 0) is 16.1 Å². The molecule has 1 unspecified atom stereocenters. The number of hydrogen-bond acceptors (Lipinski definition) is 5. The number of rotatable bonds is 4. The number of carbonyl (C=O) groups excluding carboxylic acids is 1. The minimum absolute atomic E-state index is 0.168. The van der Waals surface area contributed by atoms with E-state index in [4.69, 9.17) is 4.74 Å². The average molecular weight is 351 g/mol. The molecule has 0 bridgehead atoms. The van der Waals surface area contributed by atoms with Crippen molar-refractivity contribution >= 4 is 23.1 Å². The Kier molecular flexibility index (Phi) is 4.11. The van der Waals surface area contributed by atoms with Crippen molar-refractivity contribution in [1.29, 1.82) is 0 Å². The van der Waals surface area contributed by atoms with Gasteiger partial charge in [-0.25, -0.2) is 4.79 Å². The molecule has 25 heavy (non-hydrogen) atoms. The molecule has 2 aromatic heterocycles. The Morgan fingerprint density at radius 1 is 1.24 bits per heavy atom. The van der Waals surface area contributed by atoms with Crippen LogP contribution < -0.4 is 5.32 Å². The maximum atomic E-state index is 12.9. The fraction of sp³-hybridized carbons (Fsp3) is 0.158. The number of aromatic amines is 1. The lowest BCUT2D eigenvalue weighted by molar-refractivity contribution is -0.140. The van der Waals surface area contributed by atoms with E-state index in [1.165, 1.54) is 0 Å². The van der Waals surface area contributed by atoms with Gasteiger partial charge < -0.3 is 10.1 Å². The third-order valence-corrected chi connectivity index (χ3v) is 5.18. The highest BCUT2D eigenvalue weighted by Crippen LogP contribution is 2.42. The summed E-state index contributed by atoms with van der Waals surface area (Å²) in [6.07, 6.45) is 1.77. The summed E-state index contributed by atoms with van der Waals surface area (Å²) >= 11 is 1.62. The Bertz CT molecular complexity index is 913. The molecule has 3 heterocycles. The topological polar surface area (TPSA) is 67.0 Å². The molecule has 0 amide bonds. The van der Waals surface area contributed by atoms with Crippen molar-refractivity contribution in [3.8, 4) is 0 Å². The molecule has 0 aliphatic carbocycles. The predicted molar refractivity (Wildman–Crippen MR) is 97.3 cm³/mol. The van der Waals surface area contributed by atoms with Crippen LogP contribution in [0.2, 0.25) is 0 Å². The van der Waals surface area contributed by atoms with E-state index in [2.05, 4.69) is 15.5 Å². The van der Waals surface area contributed by atoms with Crippen LogP contribution in [0.25, 0.3) is 0 Å². The van der Waals surface area contributed by atoms with Crippen molar-refractivity contribution in [3.05, 3.63) is 81.3 Å². The van der Waals surface area contributed by atoms with Gasteiger partial charge in [-0.2, -0.15) is 5.10 Å². The van der Waals surface area contributed by atoms with Gasteiger partial charge in [-0.3, -0.25) is 5.10 Å². The molecule has 5 nitrogen and oxygen atoms in total. The Labute approximate surface area is 149 Å². The summed E-state index contributed by atoms with van der Waals surface area (Å²) in [5.74, 6) is 0.355. The van der Waals surface area contributed by atoms with Gasteiger partial charge in [0.2, 0.25) is 0 Å². The summed E-state index contributed by atoms with van der Waals surface area (Å²) in [6.45, 7) is 2.15. The highest BCUT2D eigenvalue weighted by molar-refractivity contribution is 7.10. The van der Waals surface area contributed by atoms with Crippen molar-refractivity contribution in [2.45, 2.75) is 19.4 Å². The van der Waals surface area contributed by atoms with Gasteiger partial charge in [0.05, 0.1) is 17.7 Å². The quantitative estimate of drug-likeness (QED) is 0.696. The van der Waals surface area contributed by atoms with E-state index in [1.54, 1.807) is 17.5 Å². The van der Waals surface area contributed by atoms with Crippen LogP contribution in [-0.4, -0.2) is 16.2 Å². The summed E-state index contributed by atoms with van der Waals surface area (Å²) < 4.78 is 5.60. The molecule has 0 radical (unpaired) electrons. The Morgan fingerprint density at radius 2 is 2.08 bits per heavy atom. The number of nitrogens with zero attached hydrogens (tertiary/aromatic N) is 1. The summed E-state index contributed by atoms with van der Waals surface area (Å²) in [7, 11) is 0. The Balaban J connectivity index is 1.65. The van der Waals surface area contributed by atoms with Crippen LogP contribution in [0.4, 0.5) is 5.82 Å². The van der Waals surface area contributed by atoms with E-state index >= 15 is 0 Å². The van der Waals surface area contributed by atoms with E-state index in [0.717, 1.165) is 27.5 Å². The normalized spacial score (nSPS) is 16.3. The van der Waals surface area contributed by atoms with Gasteiger partial charge in [-0.15, -0.1) is 11.3 Å². The molecule has 2 N–H and O–H groups in total. The van der Waals surface area contributed by atoms with Gasteiger partial charge in [0.1, 0.15) is 12.4 Å². The zero-order valence-electron chi connectivity index (χ0n) is 13.7. The van der Waals surface area contributed by atoms with Crippen LogP contribution in [0, 0.1) is 0 Å². The largest absolute Gasteiger partial charge is 0.457 e. The van der Waals surface area contributed by atoms with Crippen LogP contribution in [0.5, 0.6) is 0 Å². The van der Waals surface area contributed by atoms with Crippen LogP contribution in [0.1, 0.15) is 28.8 Å². The van der Waals surface area contributed by atoms with Gasteiger partial charge in [0, 0.05) is 16.1 Å². The van der Waals surface area contributed by atoms with E-state index in [0.29, 0.717) is 5.57 Å². The number of H-pyrrole nitrogens is 1. The highest BCUT2D eigenvalue weighted by Gasteiger charge is 2.34. The zero-order chi connectivity index (χ0) is 17.2. The number of fused-ring (bicyclic) bond motifs is 1. The lowest BCUT2D eigenvalue weighted by atomic mass is 9.87. The Hall–Kier alpha value is -2.86. The summed E-state index contributed by atoms with van der Waals surface area (Å²) in [6, 6.07) is 13.7. The molecular weight excluding hydrogens is 334 g/mol. The van der Waals surface area contributed by atoms with Crippen molar-refractivity contribution < 1.29 is 9.53 Å². The number of esters is 1. The first kappa shape index (κ1) is 15.7. The van der Waals surface area contributed by atoms with Gasteiger partial charge in [0.25, 0.3) is 0 Å². The number of thiophene rings is 1. The number of anilines is 1. The Morgan fingerprint density at radius 3 is 2.84 bits per heavy atom. The first-order chi connectivity index (χ1) is 12.2.